The molecular weight excluding hydrogens is 372 g/mol. The molecule has 22 heavy (non-hydrogen) atoms. The molecule has 0 spiro atoms. The van der Waals surface area contributed by atoms with Crippen molar-refractivity contribution >= 4 is 39.2 Å². The smallest absolute Gasteiger partial charge is 0.322 e. The summed E-state index contributed by atoms with van der Waals surface area (Å²) < 4.78 is 6.28. The number of anilines is 1. The van der Waals surface area contributed by atoms with Crippen LogP contribution in [0.5, 0.6) is 5.75 Å². The van der Waals surface area contributed by atoms with Gasteiger partial charge < -0.3 is 20.1 Å². The van der Waals surface area contributed by atoms with Crippen molar-refractivity contribution in [1.29, 1.82) is 0 Å². The number of aliphatic hydroxyl groups excluding tert-OH is 1. The summed E-state index contributed by atoms with van der Waals surface area (Å²) in [5.74, 6) is 0.568. The van der Waals surface area contributed by atoms with Gasteiger partial charge in [-0.2, -0.15) is 0 Å². The fourth-order valence-electron chi connectivity index (χ4n) is 2.68. The van der Waals surface area contributed by atoms with Crippen LogP contribution in [0.1, 0.15) is 26.2 Å². The Balaban J connectivity index is 2.17. The van der Waals surface area contributed by atoms with E-state index in [0.29, 0.717) is 40.5 Å². The lowest BCUT2D eigenvalue weighted by Gasteiger charge is -2.25. The minimum absolute atomic E-state index is 0.0847. The van der Waals surface area contributed by atoms with Crippen LogP contribution in [0, 0.1) is 0 Å². The molecule has 1 saturated heterocycles. The van der Waals surface area contributed by atoms with Crippen LogP contribution in [-0.4, -0.2) is 41.8 Å². The van der Waals surface area contributed by atoms with Gasteiger partial charge in [-0.3, -0.25) is 0 Å². The van der Waals surface area contributed by atoms with E-state index < -0.39 is 0 Å². The van der Waals surface area contributed by atoms with Gasteiger partial charge in [-0.15, -0.1) is 0 Å². The fourth-order valence-corrected chi connectivity index (χ4v) is 3.61. The molecule has 1 aromatic rings. The van der Waals surface area contributed by atoms with Crippen LogP contribution in [0.25, 0.3) is 0 Å². The van der Waals surface area contributed by atoms with Crippen molar-refractivity contribution in [3.63, 3.8) is 0 Å². The van der Waals surface area contributed by atoms with Crippen molar-refractivity contribution in [2.45, 2.75) is 32.2 Å². The van der Waals surface area contributed by atoms with Gasteiger partial charge in [0.2, 0.25) is 0 Å². The second-order valence-corrected chi connectivity index (χ2v) is 6.42. The van der Waals surface area contributed by atoms with Gasteiger partial charge in [0.25, 0.3) is 0 Å². The van der Waals surface area contributed by atoms with E-state index in [4.69, 9.17) is 21.4 Å². The Bertz CT molecular complexity index is 542. The number of aliphatic hydroxyl groups is 1. The number of rotatable bonds is 5. The Hall–Kier alpha value is -0.980. The van der Waals surface area contributed by atoms with E-state index >= 15 is 0 Å². The summed E-state index contributed by atoms with van der Waals surface area (Å²) in [4.78, 5) is 14.3. The van der Waals surface area contributed by atoms with E-state index in [1.165, 1.54) is 0 Å². The number of carbonyl (C=O) groups is 1. The second-order valence-electron chi connectivity index (χ2n) is 5.13. The first-order valence-corrected chi connectivity index (χ1v) is 8.54. The number of hydrogen-bond acceptors (Lipinski definition) is 3. The molecule has 1 aliphatic rings. The maximum Gasteiger partial charge on any atom is 0.322 e. The largest absolute Gasteiger partial charge is 0.491 e. The average molecular weight is 392 g/mol. The predicted octanol–water partition coefficient (Wildman–Crippen LogP) is 3.88. The number of ether oxygens (including phenoxy) is 1. The summed E-state index contributed by atoms with van der Waals surface area (Å²) in [5.41, 5.74) is 0.542. The highest BCUT2D eigenvalue weighted by molar-refractivity contribution is 9.10. The number of hydrogen-bond donors (Lipinski definition) is 2. The topological polar surface area (TPSA) is 61.8 Å². The standard InChI is InChI=1S/C15H20BrClN2O3/c1-2-22-14-12(16)8-10(17)9-13(14)18-15(21)19-6-3-4-11(19)5-7-20/h8-9,11,20H,2-7H2,1H3,(H,18,21). The first-order valence-electron chi connectivity index (χ1n) is 7.37. The zero-order valence-electron chi connectivity index (χ0n) is 12.4. The third-order valence-electron chi connectivity index (χ3n) is 3.64. The predicted molar refractivity (Wildman–Crippen MR) is 90.8 cm³/mol. The van der Waals surface area contributed by atoms with Crippen LogP contribution < -0.4 is 10.1 Å². The van der Waals surface area contributed by atoms with E-state index in [1.54, 1.807) is 17.0 Å². The maximum absolute atomic E-state index is 12.5. The molecule has 0 saturated carbocycles. The summed E-state index contributed by atoms with van der Waals surface area (Å²) in [7, 11) is 0. The highest BCUT2D eigenvalue weighted by Gasteiger charge is 2.28. The molecule has 2 amide bonds. The van der Waals surface area contributed by atoms with Crippen molar-refractivity contribution in [3.8, 4) is 5.75 Å². The van der Waals surface area contributed by atoms with Crippen molar-refractivity contribution in [3.05, 3.63) is 21.6 Å². The first-order chi connectivity index (χ1) is 10.6. The molecule has 1 heterocycles. The van der Waals surface area contributed by atoms with Crippen LogP contribution >= 0.6 is 27.5 Å². The van der Waals surface area contributed by atoms with Gasteiger partial charge in [0.05, 0.1) is 16.8 Å². The number of urea groups is 1. The van der Waals surface area contributed by atoms with E-state index in [0.717, 1.165) is 12.8 Å². The third-order valence-corrected chi connectivity index (χ3v) is 4.45. The number of nitrogens with zero attached hydrogens (tertiary/aromatic N) is 1. The van der Waals surface area contributed by atoms with E-state index in [9.17, 15) is 4.79 Å². The van der Waals surface area contributed by atoms with Crippen LogP contribution in [-0.2, 0) is 0 Å². The third kappa shape index (κ3) is 4.06. The van der Waals surface area contributed by atoms with Crippen molar-refractivity contribution in [2.24, 2.45) is 0 Å². The molecular formula is C15H20BrClN2O3. The maximum atomic E-state index is 12.5. The molecule has 5 nitrogen and oxygen atoms in total. The van der Waals surface area contributed by atoms with Gasteiger partial charge in [0.1, 0.15) is 0 Å². The molecule has 2 N–H and O–H groups in total. The van der Waals surface area contributed by atoms with Gasteiger partial charge in [-0.1, -0.05) is 11.6 Å². The Morgan fingerprint density at radius 3 is 3.05 bits per heavy atom. The molecule has 1 unspecified atom stereocenters. The minimum Gasteiger partial charge on any atom is -0.491 e. The van der Waals surface area contributed by atoms with E-state index in [-0.39, 0.29) is 18.7 Å². The number of nitrogens with one attached hydrogen (secondary N) is 1. The molecule has 2 rings (SSSR count). The number of likely N-dealkylation sites (tertiary alicyclic amines) is 1. The highest BCUT2D eigenvalue weighted by atomic mass is 79.9. The van der Waals surface area contributed by atoms with Crippen LogP contribution in [0.4, 0.5) is 10.5 Å². The Kier molecular flexibility index (Phi) is 6.35. The van der Waals surface area contributed by atoms with Crippen LogP contribution in [0.2, 0.25) is 5.02 Å². The molecule has 7 heteroatoms. The quantitative estimate of drug-likeness (QED) is 0.800. The van der Waals surface area contributed by atoms with Crippen molar-refractivity contribution in [1.82, 2.24) is 4.90 Å². The highest BCUT2D eigenvalue weighted by Crippen LogP contribution is 2.37. The van der Waals surface area contributed by atoms with Crippen LogP contribution in [0.15, 0.2) is 16.6 Å². The summed E-state index contributed by atoms with van der Waals surface area (Å²) in [6.07, 6.45) is 2.48. The average Bonchev–Trinajstić information content (AvgIpc) is 2.91. The molecule has 1 atom stereocenters. The van der Waals surface area contributed by atoms with Crippen LogP contribution in [0.3, 0.4) is 0 Å². The van der Waals surface area contributed by atoms with Crippen molar-refractivity contribution in [2.75, 3.05) is 25.1 Å². The SMILES string of the molecule is CCOc1c(Br)cc(Cl)cc1NC(=O)N1CCCC1CCO. The molecule has 0 bridgehead atoms. The molecule has 1 aliphatic heterocycles. The molecule has 0 radical (unpaired) electrons. The van der Waals surface area contributed by atoms with Crippen molar-refractivity contribution < 1.29 is 14.6 Å². The van der Waals surface area contributed by atoms with Gasteiger partial charge in [0, 0.05) is 24.2 Å². The monoisotopic (exact) mass is 390 g/mol. The second kappa shape index (κ2) is 8.04. The Labute approximate surface area is 143 Å². The summed E-state index contributed by atoms with van der Waals surface area (Å²) in [6.45, 7) is 3.15. The number of halogens is 2. The lowest BCUT2D eigenvalue weighted by Crippen LogP contribution is -2.39. The molecule has 1 aromatic carbocycles. The number of carbonyl (C=O) groups excluding carboxylic acids is 1. The van der Waals surface area contributed by atoms with Gasteiger partial charge in [-0.25, -0.2) is 4.79 Å². The normalized spacial score (nSPS) is 17.6. The fraction of sp³-hybridized carbons (Fsp3) is 0.533. The number of benzene rings is 1. The lowest BCUT2D eigenvalue weighted by atomic mass is 10.1. The minimum atomic E-state index is -0.189. The van der Waals surface area contributed by atoms with Gasteiger partial charge >= 0.3 is 6.03 Å². The van der Waals surface area contributed by atoms with E-state index in [2.05, 4.69) is 21.2 Å². The Morgan fingerprint density at radius 1 is 1.59 bits per heavy atom. The zero-order valence-corrected chi connectivity index (χ0v) is 14.8. The molecule has 122 valence electrons. The lowest BCUT2D eigenvalue weighted by molar-refractivity contribution is 0.189. The molecule has 1 fully saturated rings. The summed E-state index contributed by atoms with van der Waals surface area (Å²) >= 11 is 9.46. The van der Waals surface area contributed by atoms with Gasteiger partial charge in [0.15, 0.2) is 5.75 Å². The molecule has 0 aromatic heterocycles. The first kappa shape index (κ1) is 17.4. The summed E-state index contributed by atoms with van der Waals surface area (Å²) in [5, 5.41) is 12.5. The van der Waals surface area contributed by atoms with Gasteiger partial charge in [-0.05, 0) is 54.2 Å². The van der Waals surface area contributed by atoms with E-state index in [1.807, 2.05) is 6.92 Å². The zero-order chi connectivity index (χ0) is 16.1. The Morgan fingerprint density at radius 2 is 2.36 bits per heavy atom. The summed E-state index contributed by atoms with van der Waals surface area (Å²) in [6, 6.07) is 3.30. The number of amides is 2. The molecule has 0 aliphatic carbocycles.